The van der Waals surface area contributed by atoms with Crippen LogP contribution < -0.4 is 9.62 Å². The zero-order valence-corrected chi connectivity index (χ0v) is 16.4. The highest BCUT2D eigenvalue weighted by atomic mass is 35.5. The monoisotopic (exact) mass is 404 g/mol. The van der Waals surface area contributed by atoms with Gasteiger partial charge in [0.05, 0.1) is 4.90 Å². The Kier molecular flexibility index (Phi) is 4.97. The number of carbonyl (C=O) groups is 1. The molecule has 1 amide bonds. The highest BCUT2D eigenvalue weighted by molar-refractivity contribution is 7.89. The van der Waals surface area contributed by atoms with Gasteiger partial charge in [-0.2, -0.15) is 0 Å². The number of nitrogens with zero attached hydrogens (tertiary/aromatic N) is 1. The van der Waals surface area contributed by atoms with Crippen LogP contribution in [0.3, 0.4) is 0 Å². The number of benzene rings is 2. The van der Waals surface area contributed by atoms with Gasteiger partial charge in [0, 0.05) is 29.7 Å². The van der Waals surface area contributed by atoms with E-state index in [9.17, 15) is 13.2 Å². The minimum atomic E-state index is -3.58. The van der Waals surface area contributed by atoms with E-state index in [-0.39, 0.29) is 16.7 Å². The van der Waals surface area contributed by atoms with Gasteiger partial charge in [-0.25, -0.2) is 13.1 Å². The van der Waals surface area contributed by atoms with Crippen LogP contribution in [0.1, 0.15) is 24.0 Å². The topological polar surface area (TPSA) is 66.5 Å². The number of fused-ring (bicyclic) bond motifs is 1. The highest BCUT2D eigenvalue weighted by Crippen LogP contribution is 2.37. The Balaban J connectivity index is 1.43. The molecule has 0 unspecified atom stereocenters. The van der Waals surface area contributed by atoms with Gasteiger partial charge in [0.15, 0.2) is 0 Å². The lowest BCUT2D eigenvalue weighted by atomic mass is 10.2. The number of sulfonamides is 1. The van der Waals surface area contributed by atoms with E-state index in [0.717, 1.165) is 29.7 Å². The summed E-state index contributed by atoms with van der Waals surface area (Å²) in [5, 5.41) is 0.659. The fourth-order valence-corrected chi connectivity index (χ4v) is 4.60. The van der Waals surface area contributed by atoms with Gasteiger partial charge < -0.3 is 4.90 Å². The molecule has 1 aliphatic carbocycles. The Morgan fingerprint density at radius 3 is 2.59 bits per heavy atom. The molecule has 1 saturated carbocycles. The van der Waals surface area contributed by atoms with Crippen molar-refractivity contribution in [3.05, 3.63) is 58.6 Å². The first kappa shape index (κ1) is 18.5. The summed E-state index contributed by atoms with van der Waals surface area (Å²) in [5.41, 5.74) is 2.79. The first-order chi connectivity index (χ1) is 12.9. The zero-order valence-electron chi connectivity index (χ0n) is 14.8. The van der Waals surface area contributed by atoms with Crippen LogP contribution in [0.25, 0.3) is 0 Å². The Morgan fingerprint density at radius 1 is 1.15 bits per heavy atom. The summed E-state index contributed by atoms with van der Waals surface area (Å²) >= 11 is 5.86. The van der Waals surface area contributed by atoms with Crippen molar-refractivity contribution in [1.82, 2.24) is 4.72 Å². The maximum absolute atomic E-state index is 12.6. The first-order valence-electron chi connectivity index (χ1n) is 9.12. The van der Waals surface area contributed by atoms with Gasteiger partial charge in [-0.05, 0) is 67.1 Å². The van der Waals surface area contributed by atoms with E-state index in [4.69, 9.17) is 11.6 Å². The van der Waals surface area contributed by atoms with Crippen molar-refractivity contribution in [3.63, 3.8) is 0 Å². The second-order valence-electron chi connectivity index (χ2n) is 7.08. The minimum absolute atomic E-state index is 0.161. The molecule has 0 atom stereocenters. The van der Waals surface area contributed by atoms with Crippen molar-refractivity contribution in [2.75, 3.05) is 18.0 Å². The summed E-state index contributed by atoms with van der Waals surface area (Å²) in [6.45, 7) is 0.950. The molecule has 2 aromatic rings. The third-order valence-electron chi connectivity index (χ3n) is 5.07. The third kappa shape index (κ3) is 4.03. The molecule has 0 spiro atoms. The maximum Gasteiger partial charge on any atom is 0.240 e. The summed E-state index contributed by atoms with van der Waals surface area (Å²) in [6.07, 6.45) is 3.22. The third-order valence-corrected chi connectivity index (χ3v) is 6.78. The molecule has 142 valence electrons. The molecule has 1 N–H and O–H groups in total. The molecule has 0 saturated heterocycles. The Labute approximate surface area is 164 Å². The van der Waals surface area contributed by atoms with Gasteiger partial charge in [-0.3, -0.25) is 4.79 Å². The van der Waals surface area contributed by atoms with E-state index in [0.29, 0.717) is 31.0 Å². The smallest absolute Gasteiger partial charge is 0.240 e. The summed E-state index contributed by atoms with van der Waals surface area (Å²) < 4.78 is 27.8. The highest BCUT2D eigenvalue weighted by Gasteiger charge is 2.36. The number of hydrogen-bond acceptors (Lipinski definition) is 3. The summed E-state index contributed by atoms with van der Waals surface area (Å²) in [6, 6.07) is 12.4. The number of nitrogens with one attached hydrogen (secondary N) is 1. The van der Waals surface area contributed by atoms with Crippen molar-refractivity contribution in [3.8, 4) is 0 Å². The van der Waals surface area contributed by atoms with Crippen molar-refractivity contribution >= 4 is 33.2 Å². The van der Waals surface area contributed by atoms with Gasteiger partial charge in [-0.15, -0.1) is 0 Å². The van der Waals surface area contributed by atoms with Crippen LogP contribution >= 0.6 is 11.6 Å². The number of amides is 1. The van der Waals surface area contributed by atoms with Crippen LogP contribution in [-0.2, 0) is 27.7 Å². The van der Waals surface area contributed by atoms with Crippen LogP contribution in [0.5, 0.6) is 0 Å². The SMILES string of the molecule is O=C(C1CC1)N1CCc2cc(S(=O)(=O)NCCc3ccc(Cl)cc3)ccc21. The summed E-state index contributed by atoms with van der Waals surface area (Å²) in [7, 11) is -3.58. The zero-order chi connectivity index (χ0) is 19.0. The lowest BCUT2D eigenvalue weighted by Gasteiger charge is -2.17. The maximum atomic E-state index is 12.6. The van der Waals surface area contributed by atoms with Crippen LogP contribution in [0.15, 0.2) is 47.4 Å². The quantitative estimate of drug-likeness (QED) is 0.804. The van der Waals surface area contributed by atoms with Crippen molar-refractivity contribution < 1.29 is 13.2 Å². The van der Waals surface area contributed by atoms with E-state index in [1.165, 1.54) is 0 Å². The second kappa shape index (κ2) is 7.26. The van der Waals surface area contributed by atoms with Crippen LogP contribution in [0, 0.1) is 5.92 Å². The normalized spacial score (nSPS) is 16.4. The van der Waals surface area contributed by atoms with Crippen molar-refractivity contribution in [2.24, 2.45) is 5.92 Å². The molecule has 7 heteroatoms. The average molecular weight is 405 g/mol. The van der Waals surface area contributed by atoms with Gasteiger partial charge in [0.1, 0.15) is 0 Å². The lowest BCUT2D eigenvalue weighted by molar-refractivity contribution is -0.119. The van der Waals surface area contributed by atoms with E-state index >= 15 is 0 Å². The molecule has 4 rings (SSSR count). The van der Waals surface area contributed by atoms with Gasteiger partial charge in [-0.1, -0.05) is 23.7 Å². The molecule has 1 aliphatic heterocycles. The molecule has 2 aromatic carbocycles. The molecule has 1 heterocycles. The average Bonchev–Trinajstić information content (AvgIpc) is 3.41. The number of halogens is 1. The summed E-state index contributed by atoms with van der Waals surface area (Å²) in [5.74, 6) is 0.333. The van der Waals surface area contributed by atoms with Crippen LogP contribution in [-0.4, -0.2) is 27.4 Å². The van der Waals surface area contributed by atoms with E-state index in [2.05, 4.69) is 4.72 Å². The number of rotatable bonds is 6. The molecule has 0 radical (unpaired) electrons. The standard InChI is InChI=1S/C20H21ClN2O3S/c21-17-5-1-14(2-6-17)9-11-22-27(25,26)18-7-8-19-16(13-18)10-12-23(19)20(24)15-3-4-15/h1-2,5-8,13,15,22H,3-4,9-12H2. The van der Waals surface area contributed by atoms with Crippen LogP contribution in [0.4, 0.5) is 5.69 Å². The van der Waals surface area contributed by atoms with Gasteiger partial charge in [0.2, 0.25) is 15.9 Å². The molecule has 5 nitrogen and oxygen atoms in total. The number of anilines is 1. The Hall–Kier alpha value is -1.89. The van der Waals surface area contributed by atoms with Crippen molar-refractivity contribution in [1.29, 1.82) is 0 Å². The van der Waals surface area contributed by atoms with E-state index in [1.54, 1.807) is 35.2 Å². The molecule has 0 bridgehead atoms. The fourth-order valence-electron chi connectivity index (χ4n) is 3.39. The second-order valence-corrected chi connectivity index (χ2v) is 9.28. The van der Waals surface area contributed by atoms with E-state index < -0.39 is 10.0 Å². The molecular weight excluding hydrogens is 384 g/mol. The van der Waals surface area contributed by atoms with E-state index in [1.807, 2.05) is 12.1 Å². The molecular formula is C20H21ClN2O3S. The molecule has 27 heavy (non-hydrogen) atoms. The fraction of sp³-hybridized carbons (Fsp3) is 0.350. The minimum Gasteiger partial charge on any atom is -0.312 e. The molecule has 0 aromatic heterocycles. The van der Waals surface area contributed by atoms with Gasteiger partial charge in [0.25, 0.3) is 0 Å². The molecule has 2 aliphatic rings. The lowest BCUT2D eigenvalue weighted by Crippen LogP contribution is -2.30. The Morgan fingerprint density at radius 2 is 1.89 bits per heavy atom. The number of hydrogen-bond donors (Lipinski definition) is 1. The van der Waals surface area contributed by atoms with Gasteiger partial charge >= 0.3 is 0 Å². The summed E-state index contributed by atoms with van der Waals surface area (Å²) in [4.78, 5) is 14.4. The number of carbonyl (C=O) groups excluding carboxylic acids is 1. The predicted molar refractivity (Wildman–Crippen MR) is 106 cm³/mol. The predicted octanol–water partition coefficient (Wildman–Crippen LogP) is 3.16. The van der Waals surface area contributed by atoms with Crippen LogP contribution in [0.2, 0.25) is 5.02 Å². The first-order valence-corrected chi connectivity index (χ1v) is 11.0. The molecule has 1 fully saturated rings. The largest absolute Gasteiger partial charge is 0.312 e. The Bertz CT molecular complexity index is 969. The van der Waals surface area contributed by atoms with Crippen molar-refractivity contribution in [2.45, 2.75) is 30.6 Å².